The summed E-state index contributed by atoms with van der Waals surface area (Å²) in [5.74, 6) is 0.713. The van der Waals surface area contributed by atoms with E-state index in [1.165, 1.54) is 19.1 Å². The molecule has 164 valence electrons. The number of benzene rings is 2. The number of fused-ring (bicyclic) bond motifs is 1. The van der Waals surface area contributed by atoms with E-state index in [-0.39, 0.29) is 18.2 Å². The van der Waals surface area contributed by atoms with Crippen LogP contribution in [0.1, 0.15) is 37.0 Å². The van der Waals surface area contributed by atoms with E-state index < -0.39 is 12.0 Å². The van der Waals surface area contributed by atoms with Gasteiger partial charge in [0, 0.05) is 35.9 Å². The fraction of sp³-hybridized carbons (Fsp3) is 0.348. The molecule has 0 fully saturated rings. The van der Waals surface area contributed by atoms with Gasteiger partial charge in [-0.1, -0.05) is 6.92 Å². The molecule has 1 atom stereocenters. The van der Waals surface area contributed by atoms with Gasteiger partial charge >= 0.3 is 0 Å². The third-order valence-corrected chi connectivity index (χ3v) is 4.90. The van der Waals surface area contributed by atoms with Crippen LogP contribution >= 0.6 is 0 Å². The summed E-state index contributed by atoms with van der Waals surface area (Å²) >= 11 is 0. The number of methoxy groups -OCH3 is 2. The van der Waals surface area contributed by atoms with Gasteiger partial charge in [0.2, 0.25) is 5.91 Å². The number of carbonyl (C=O) groups excluding carboxylic acids is 3. The van der Waals surface area contributed by atoms with E-state index >= 15 is 0 Å². The predicted octanol–water partition coefficient (Wildman–Crippen LogP) is 3.44. The molecule has 0 aromatic heterocycles. The number of carbonyl (C=O) groups is 3. The van der Waals surface area contributed by atoms with Crippen LogP contribution in [0.4, 0.5) is 11.4 Å². The fourth-order valence-electron chi connectivity index (χ4n) is 3.34. The molecule has 2 aromatic rings. The Bertz CT molecular complexity index is 981. The van der Waals surface area contributed by atoms with E-state index in [4.69, 9.17) is 14.2 Å². The lowest BCUT2D eigenvalue weighted by atomic mass is 10.0. The van der Waals surface area contributed by atoms with Crippen molar-refractivity contribution in [3.05, 3.63) is 42.0 Å². The summed E-state index contributed by atoms with van der Waals surface area (Å²) < 4.78 is 16.1. The lowest BCUT2D eigenvalue weighted by Crippen LogP contribution is -2.47. The summed E-state index contributed by atoms with van der Waals surface area (Å²) in [6.45, 7) is 3.32. The minimum atomic E-state index is -0.741. The molecule has 1 heterocycles. The third-order valence-electron chi connectivity index (χ3n) is 4.90. The van der Waals surface area contributed by atoms with Crippen LogP contribution in [-0.4, -0.2) is 44.5 Å². The van der Waals surface area contributed by atoms with Gasteiger partial charge in [-0.2, -0.15) is 0 Å². The van der Waals surface area contributed by atoms with Crippen molar-refractivity contribution in [2.24, 2.45) is 0 Å². The summed E-state index contributed by atoms with van der Waals surface area (Å²) in [6, 6.07) is 9.95. The molecule has 0 bridgehead atoms. The normalized spacial score (nSPS) is 15.0. The quantitative estimate of drug-likeness (QED) is 0.650. The molecule has 1 N–H and O–H groups in total. The van der Waals surface area contributed by atoms with Crippen LogP contribution in [0, 0.1) is 0 Å². The number of hydrogen-bond donors (Lipinski definition) is 1. The second-order valence-electron chi connectivity index (χ2n) is 7.19. The zero-order valence-electron chi connectivity index (χ0n) is 18.1. The summed E-state index contributed by atoms with van der Waals surface area (Å²) in [5.41, 5.74) is 1.36. The maximum absolute atomic E-state index is 12.8. The van der Waals surface area contributed by atoms with Gasteiger partial charge in [0.1, 0.15) is 23.8 Å². The number of nitrogens with one attached hydrogen (secondary N) is 1. The molecule has 8 nitrogen and oxygen atoms in total. The largest absolute Gasteiger partial charge is 0.497 e. The molecular formula is C23H26N2O6. The summed E-state index contributed by atoms with van der Waals surface area (Å²) in [4.78, 5) is 39.2. The Balaban J connectivity index is 1.85. The van der Waals surface area contributed by atoms with Crippen LogP contribution in [0.25, 0.3) is 0 Å². The van der Waals surface area contributed by atoms with E-state index in [9.17, 15) is 14.4 Å². The van der Waals surface area contributed by atoms with Crippen molar-refractivity contribution >= 4 is 29.0 Å². The van der Waals surface area contributed by atoms with Crippen molar-refractivity contribution < 1.29 is 28.6 Å². The molecule has 2 aromatic carbocycles. The maximum Gasteiger partial charge on any atom is 0.268 e. The average Bonchev–Trinajstić information content (AvgIpc) is 2.76. The first-order chi connectivity index (χ1) is 14.9. The molecule has 1 aliphatic heterocycles. The Hall–Kier alpha value is -3.55. The van der Waals surface area contributed by atoms with E-state index in [0.29, 0.717) is 40.6 Å². The molecule has 1 unspecified atom stereocenters. The maximum atomic E-state index is 12.8. The summed E-state index contributed by atoms with van der Waals surface area (Å²) in [5, 5.41) is 2.76. The minimum absolute atomic E-state index is 0.0238. The number of amides is 2. The first-order valence-corrected chi connectivity index (χ1v) is 10.0. The van der Waals surface area contributed by atoms with Gasteiger partial charge in [-0.25, -0.2) is 0 Å². The monoisotopic (exact) mass is 426 g/mol. The van der Waals surface area contributed by atoms with Gasteiger partial charge in [0.15, 0.2) is 11.9 Å². The number of hydrogen-bond acceptors (Lipinski definition) is 6. The molecule has 0 saturated heterocycles. The van der Waals surface area contributed by atoms with E-state index in [1.54, 1.807) is 43.3 Å². The van der Waals surface area contributed by atoms with Crippen LogP contribution in [-0.2, 0) is 9.59 Å². The Morgan fingerprint density at radius 3 is 2.39 bits per heavy atom. The van der Waals surface area contributed by atoms with E-state index in [1.807, 2.05) is 6.92 Å². The van der Waals surface area contributed by atoms with Gasteiger partial charge in [-0.05, 0) is 31.5 Å². The molecule has 8 heteroatoms. The molecular weight excluding hydrogens is 400 g/mol. The number of Topliss-reactive ketones (excluding diaryl/α,β-unsaturated/α-hetero) is 1. The highest BCUT2D eigenvalue weighted by Gasteiger charge is 2.33. The minimum Gasteiger partial charge on any atom is -0.497 e. The lowest BCUT2D eigenvalue weighted by molar-refractivity contribution is -0.127. The van der Waals surface area contributed by atoms with Crippen molar-refractivity contribution in [1.29, 1.82) is 0 Å². The van der Waals surface area contributed by atoms with E-state index in [2.05, 4.69) is 5.32 Å². The van der Waals surface area contributed by atoms with Crippen molar-refractivity contribution in [2.75, 3.05) is 31.0 Å². The zero-order chi connectivity index (χ0) is 22.5. The number of nitrogens with zero attached hydrogens (tertiary/aromatic N) is 1. The SMILES string of the molecule is CCCC(=O)c1ccc2c(c1)N(CC(=O)Nc1cc(OC)cc(OC)c1)C(=O)C(C)O2. The Morgan fingerprint density at radius 1 is 1.10 bits per heavy atom. The average molecular weight is 426 g/mol. The lowest BCUT2D eigenvalue weighted by Gasteiger charge is -2.32. The molecule has 3 rings (SSSR count). The van der Waals surface area contributed by atoms with Crippen LogP contribution in [0.2, 0.25) is 0 Å². The van der Waals surface area contributed by atoms with Gasteiger partial charge in [0.25, 0.3) is 5.91 Å². The number of ketones is 1. The number of rotatable bonds is 8. The Morgan fingerprint density at radius 2 is 1.77 bits per heavy atom. The molecule has 2 amide bonds. The molecule has 1 aliphatic rings. The first kappa shape index (κ1) is 22.1. The standard InChI is InChI=1S/C23H26N2O6/c1-5-6-20(26)15-7-8-21-19(9-15)25(23(28)14(2)31-21)13-22(27)24-16-10-17(29-3)12-18(11-16)30-4/h7-12,14H,5-6,13H2,1-4H3,(H,24,27). The first-order valence-electron chi connectivity index (χ1n) is 10.0. The van der Waals surface area contributed by atoms with Crippen LogP contribution in [0.5, 0.6) is 17.2 Å². The molecule has 0 spiro atoms. The molecule has 31 heavy (non-hydrogen) atoms. The molecule has 0 aliphatic carbocycles. The zero-order valence-corrected chi connectivity index (χ0v) is 18.1. The second kappa shape index (κ2) is 9.51. The van der Waals surface area contributed by atoms with Crippen molar-refractivity contribution in [3.8, 4) is 17.2 Å². The summed E-state index contributed by atoms with van der Waals surface area (Å²) in [7, 11) is 3.03. The van der Waals surface area contributed by atoms with Gasteiger partial charge in [-0.3, -0.25) is 19.3 Å². The van der Waals surface area contributed by atoms with Crippen molar-refractivity contribution in [1.82, 2.24) is 0 Å². The van der Waals surface area contributed by atoms with Crippen molar-refractivity contribution in [3.63, 3.8) is 0 Å². The van der Waals surface area contributed by atoms with Gasteiger partial charge in [0.05, 0.1) is 19.9 Å². The fourth-order valence-corrected chi connectivity index (χ4v) is 3.34. The van der Waals surface area contributed by atoms with Crippen LogP contribution < -0.4 is 24.4 Å². The van der Waals surface area contributed by atoms with Gasteiger partial charge in [-0.15, -0.1) is 0 Å². The number of anilines is 2. The Kier molecular flexibility index (Phi) is 6.79. The van der Waals surface area contributed by atoms with Crippen LogP contribution in [0.3, 0.4) is 0 Å². The van der Waals surface area contributed by atoms with Crippen LogP contribution in [0.15, 0.2) is 36.4 Å². The molecule has 0 radical (unpaired) electrons. The highest BCUT2D eigenvalue weighted by molar-refractivity contribution is 6.07. The second-order valence-corrected chi connectivity index (χ2v) is 7.19. The predicted molar refractivity (Wildman–Crippen MR) is 116 cm³/mol. The topological polar surface area (TPSA) is 94.2 Å². The van der Waals surface area contributed by atoms with Gasteiger partial charge < -0.3 is 19.5 Å². The Labute approximate surface area is 181 Å². The third kappa shape index (κ3) is 4.96. The smallest absolute Gasteiger partial charge is 0.268 e. The van der Waals surface area contributed by atoms with E-state index in [0.717, 1.165) is 6.42 Å². The van der Waals surface area contributed by atoms with Crippen molar-refractivity contribution in [2.45, 2.75) is 32.8 Å². The molecule has 0 saturated carbocycles. The number of ether oxygens (including phenoxy) is 3. The highest BCUT2D eigenvalue weighted by atomic mass is 16.5. The highest BCUT2D eigenvalue weighted by Crippen LogP contribution is 2.35. The summed E-state index contributed by atoms with van der Waals surface area (Å²) in [6.07, 6.45) is 0.384.